The van der Waals surface area contributed by atoms with Gasteiger partial charge in [0.15, 0.2) is 0 Å². The van der Waals surface area contributed by atoms with Crippen molar-refractivity contribution in [1.82, 2.24) is 10.3 Å². The summed E-state index contributed by atoms with van der Waals surface area (Å²) in [5.74, 6) is -0.106. The van der Waals surface area contributed by atoms with E-state index < -0.39 is 0 Å². The molecule has 4 nitrogen and oxygen atoms in total. The maximum atomic E-state index is 12.2. The summed E-state index contributed by atoms with van der Waals surface area (Å²) in [5, 5.41) is 3.10. The molecule has 0 aromatic carbocycles. The summed E-state index contributed by atoms with van der Waals surface area (Å²) in [6.07, 6.45) is 5.46. The Morgan fingerprint density at radius 2 is 2.11 bits per heavy atom. The van der Waals surface area contributed by atoms with Crippen LogP contribution >= 0.6 is 0 Å². The fourth-order valence-corrected chi connectivity index (χ4v) is 2.58. The monoisotopic (exact) mass is 247 g/mol. The summed E-state index contributed by atoms with van der Waals surface area (Å²) in [7, 11) is 0. The second kappa shape index (κ2) is 5.48. The lowest BCUT2D eigenvalue weighted by Crippen LogP contribution is -2.54. The molecule has 0 atom stereocenters. The zero-order valence-electron chi connectivity index (χ0n) is 10.9. The first-order valence-electron chi connectivity index (χ1n) is 6.61. The van der Waals surface area contributed by atoms with E-state index >= 15 is 0 Å². The molecule has 1 aliphatic carbocycles. The summed E-state index contributed by atoms with van der Waals surface area (Å²) in [6.45, 7) is 2.39. The van der Waals surface area contributed by atoms with E-state index in [0.717, 1.165) is 31.4 Å². The van der Waals surface area contributed by atoms with Gasteiger partial charge in [0.2, 0.25) is 0 Å². The topological polar surface area (TPSA) is 68.0 Å². The quantitative estimate of drug-likeness (QED) is 0.855. The van der Waals surface area contributed by atoms with Crippen LogP contribution in [0.2, 0.25) is 0 Å². The highest BCUT2D eigenvalue weighted by Gasteiger charge is 2.32. The number of carbonyl (C=O) groups is 1. The van der Waals surface area contributed by atoms with Crippen molar-refractivity contribution >= 4 is 5.91 Å². The number of aromatic nitrogens is 1. The number of rotatable bonds is 3. The molecule has 0 aliphatic heterocycles. The van der Waals surface area contributed by atoms with Gasteiger partial charge < -0.3 is 11.1 Å². The number of pyridine rings is 1. The van der Waals surface area contributed by atoms with E-state index in [0.29, 0.717) is 12.2 Å². The molecule has 0 saturated heterocycles. The molecule has 0 unspecified atom stereocenters. The highest BCUT2D eigenvalue weighted by atomic mass is 16.2. The lowest BCUT2D eigenvalue weighted by Gasteiger charge is -2.37. The molecule has 98 valence electrons. The van der Waals surface area contributed by atoms with E-state index in [-0.39, 0.29) is 11.4 Å². The van der Waals surface area contributed by atoms with Crippen LogP contribution in [0.5, 0.6) is 0 Å². The van der Waals surface area contributed by atoms with E-state index in [9.17, 15) is 4.79 Å². The van der Waals surface area contributed by atoms with Crippen LogP contribution in [-0.4, -0.2) is 23.0 Å². The van der Waals surface area contributed by atoms with Crippen molar-refractivity contribution in [3.8, 4) is 0 Å². The number of hydrogen-bond donors (Lipinski definition) is 2. The molecular formula is C14H21N3O. The number of nitrogens with two attached hydrogens (primary N) is 1. The van der Waals surface area contributed by atoms with Crippen LogP contribution in [0.4, 0.5) is 0 Å². The van der Waals surface area contributed by atoms with Gasteiger partial charge in [-0.25, -0.2) is 4.98 Å². The second-order valence-corrected chi connectivity index (χ2v) is 5.16. The molecule has 1 aliphatic rings. The van der Waals surface area contributed by atoms with E-state index in [1.807, 2.05) is 19.1 Å². The number of hydrogen-bond acceptors (Lipinski definition) is 3. The molecule has 1 heterocycles. The molecule has 1 saturated carbocycles. The van der Waals surface area contributed by atoms with Crippen molar-refractivity contribution in [3.05, 3.63) is 29.6 Å². The normalized spacial score (nSPS) is 18.3. The summed E-state index contributed by atoms with van der Waals surface area (Å²) in [5.41, 5.74) is 6.97. The maximum Gasteiger partial charge on any atom is 0.270 e. The third-order valence-corrected chi connectivity index (χ3v) is 3.70. The van der Waals surface area contributed by atoms with Crippen LogP contribution < -0.4 is 11.1 Å². The Bertz CT molecular complexity index is 425. The van der Waals surface area contributed by atoms with Crippen molar-refractivity contribution in [3.63, 3.8) is 0 Å². The van der Waals surface area contributed by atoms with Gasteiger partial charge in [-0.1, -0.05) is 25.3 Å². The first-order valence-corrected chi connectivity index (χ1v) is 6.61. The number of nitrogens with zero attached hydrogens (tertiary/aromatic N) is 1. The zero-order valence-corrected chi connectivity index (χ0v) is 10.9. The van der Waals surface area contributed by atoms with Gasteiger partial charge in [-0.3, -0.25) is 4.79 Å². The van der Waals surface area contributed by atoms with Gasteiger partial charge >= 0.3 is 0 Å². The molecule has 0 radical (unpaired) electrons. The SMILES string of the molecule is Cc1cccc(C(=O)NC2(CN)CCCCC2)n1. The fraction of sp³-hybridized carbons (Fsp3) is 0.571. The molecule has 3 N–H and O–H groups in total. The molecule has 0 bridgehead atoms. The Labute approximate surface area is 108 Å². The first-order chi connectivity index (χ1) is 8.65. The summed E-state index contributed by atoms with van der Waals surface area (Å²) < 4.78 is 0. The highest BCUT2D eigenvalue weighted by Crippen LogP contribution is 2.27. The predicted octanol–water partition coefficient (Wildman–Crippen LogP) is 1.78. The van der Waals surface area contributed by atoms with Crippen molar-refractivity contribution in [2.45, 2.75) is 44.6 Å². The Morgan fingerprint density at radius 1 is 1.39 bits per heavy atom. The van der Waals surface area contributed by atoms with Crippen molar-refractivity contribution in [1.29, 1.82) is 0 Å². The van der Waals surface area contributed by atoms with Gasteiger partial charge in [0, 0.05) is 12.2 Å². The zero-order chi connectivity index (χ0) is 13.0. The molecule has 18 heavy (non-hydrogen) atoms. The Kier molecular flexibility index (Phi) is 3.97. The maximum absolute atomic E-state index is 12.2. The van der Waals surface area contributed by atoms with Crippen molar-refractivity contribution in [2.24, 2.45) is 5.73 Å². The molecule has 2 rings (SSSR count). The standard InChI is InChI=1S/C14H21N3O/c1-11-6-5-7-12(16-11)13(18)17-14(10-15)8-3-2-4-9-14/h5-7H,2-4,8-10,15H2,1H3,(H,17,18). The molecule has 4 heteroatoms. The summed E-state index contributed by atoms with van der Waals surface area (Å²) in [4.78, 5) is 16.5. The minimum Gasteiger partial charge on any atom is -0.344 e. The Hall–Kier alpha value is -1.42. The Morgan fingerprint density at radius 3 is 2.72 bits per heavy atom. The number of carbonyl (C=O) groups excluding carboxylic acids is 1. The van der Waals surface area contributed by atoms with E-state index in [2.05, 4.69) is 10.3 Å². The van der Waals surface area contributed by atoms with Crippen LogP contribution in [0, 0.1) is 6.92 Å². The van der Waals surface area contributed by atoms with Gasteiger partial charge in [-0.15, -0.1) is 0 Å². The summed E-state index contributed by atoms with van der Waals surface area (Å²) in [6, 6.07) is 5.48. The minimum atomic E-state index is -0.221. The average Bonchev–Trinajstić information content (AvgIpc) is 2.40. The molecule has 1 aromatic rings. The van der Waals surface area contributed by atoms with Gasteiger partial charge in [0.05, 0.1) is 5.54 Å². The third kappa shape index (κ3) is 2.88. The molecule has 0 spiro atoms. The van der Waals surface area contributed by atoms with Gasteiger partial charge in [0.25, 0.3) is 5.91 Å². The smallest absolute Gasteiger partial charge is 0.270 e. The lowest BCUT2D eigenvalue weighted by atomic mass is 9.81. The van der Waals surface area contributed by atoms with Crippen LogP contribution in [0.3, 0.4) is 0 Å². The second-order valence-electron chi connectivity index (χ2n) is 5.16. The summed E-state index contributed by atoms with van der Waals surface area (Å²) >= 11 is 0. The third-order valence-electron chi connectivity index (χ3n) is 3.70. The van der Waals surface area contributed by atoms with Gasteiger partial charge in [0.1, 0.15) is 5.69 Å². The molecule has 1 fully saturated rings. The molecule has 1 aromatic heterocycles. The van der Waals surface area contributed by atoms with E-state index in [1.54, 1.807) is 6.07 Å². The lowest BCUT2D eigenvalue weighted by molar-refractivity contribution is 0.0869. The van der Waals surface area contributed by atoms with Crippen LogP contribution in [0.25, 0.3) is 0 Å². The van der Waals surface area contributed by atoms with Gasteiger partial charge in [-0.2, -0.15) is 0 Å². The number of amides is 1. The minimum absolute atomic E-state index is 0.106. The Balaban J connectivity index is 2.10. The number of aryl methyl sites for hydroxylation is 1. The van der Waals surface area contributed by atoms with Gasteiger partial charge in [-0.05, 0) is 31.9 Å². The predicted molar refractivity (Wildman–Crippen MR) is 71.3 cm³/mol. The fourth-order valence-electron chi connectivity index (χ4n) is 2.58. The van der Waals surface area contributed by atoms with Crippen LogP contribution in [0.1, 0.15) is 48.3 Å². The largest absolute Gasteiger partial charge is 0.344 e. The van der Waals surface area contributed by atoms with E-state index in [4.69, 9.17) is 5.73 Å². The molecular weight excluding hydrogens is 226 g/mol. The van der Waals surface area contributed by atoms with Crippen molar-refractivity contribution < 1.29 is 4.79 Å². The van der Waals surface area contributed by atoms with Crippen LogP contribution in [0.15, 0.2) is 18.2 Å². The van der Waals surface area contributed by atoms with E-state index in [1.165, 1.54) is 6.42 Å². The molecule has 1 amide bonds. The first kappa shape index (κ1) is 13.0. The highest BCUT2D eigenvalue weighted by molar-refractivity contribution is 5.92. The average molecular weight is 247 g/mol. The number of nitrogens with one attached hydrogen (secondary N) is 1. The van der Waals surface area contributed by atoms with Crippen LogP contribution in [-0.2, 0) is 0 Å². The van der Waals surface area contributed by atoms with Crippen molar-refractivity contribution in [2.75, 3.05) is 6.54 Å².